The van der Waals surface area contributed by atoms with Crippen molar-refractivity contribution in [3.8, 4) is 0 Å². The maximum atomic E-state index is 3.60. The van der Waals surface area contributed by atoms with Crippen molar-refractivity contribution in [1.29, 1.82) is 0 Å². The van der Waals surface area contributed by atoms with Gasteiger partial charge in [-0.1, -0.05) is 30.7 Å². The molecule has 0 saturated carbocycles. The summed E-state index contributed by atoms with van der Waals surface area (Å²) in [6.45, 7) is 6.68. The van der Waals surface area contributed by atoms with Crippen molar-refractivity contribution in [1.82, 2.24) is 4.90 Å². The summed E-state index contributed by atoms with van der Waals surface area (Å²) >= 11 is 0. The zero-order valence-corrected chi connectivity index (χ0v) is 13.3. The van der Waals surface area contributed by atoms with Crippen molar-refractivity contribution in [2.45, 2.75) is 33.2 Å². The Balaban J connectivity index is 1.83. The van der Waals surface area contributed by atoms with E-state index in [1.807, 2.05) is 0 Å². The predicted molar refractivity (Wildman–Crippen MR) is 88.0 cm³/mol. The van der Waals surface area contributed by atoms with E-state index < -0.39 is 0 Å². The SMILES string of the molecule is CC1=CC(C)CC(CNc2ccc(CN(C)C)cc2)C1. The fraction of sp³-hybridized carbons (Fsp3) is 0.556. The zero-order valence-electron chi connectivity index (χ0n) is 13.3. The summed E-state index contributed by atoms with van der Waals surface area (Å²) in [5.74, 6) is 1.51. The van der Waals surface area contributed by atoms with E-state index in [1.54, 1.807) is 5.57 Å². The summed E-state index contributed by atoms with van der Waals surface area (Å²) in [5, 5.41) is 3.60. The molecule has 1 aromatic carbocycles. The van der Waals surface area contributed by atoms with E-state index in [-0.39, 0.29) is 0 Å². The number of rotatable bonds is 5. The highest BCUT2D eigenvalue weighted by Crippen LogP contribution is 2.28. The molecule has 2 nitrogen and oxygen atoms in total. The second-order valence-electron chi connectivity index (χ2n) is 6.61. The van der Waals surface area contributed by atoms with Crippen molar-refractivity contribution < 1.29 is 0 Å². The minimum atomic E-state index is 0.734. The maximum Gasteiger partial charge on any atom is 0.0340 e. The van der Waals surface area contributed by atoms with Gasteiger partial charge in [0.2, 0.25) is 0 Å². The molecule has 0 bridgehead atoms. The zero-order chi connectivity index (χ0) is 14.5. The Kier molecular flexibility index (Phi) is 5.24. The lowest BCUT2D eigenvalue weighted by atomic mass is 9.84. The molecule has 0 amide bonds. The Morgan fingerprint density at radius 1 is 1.20 bits per heavy atom. The van der Waals surface area contributed by atoms with Crippen molar-refractivity contribution in [3.05, 3.63) is 41.5 Å². The van der Waals surface area contributed by atoms with E-state index in [1.165, 1.54) is 24.1 Å². The van der Waals surface area contributed by atoms with E-state index in [0.29, 0.717) is 0 Å². The highest BCUT2D eigenvalue weighted by atomic mass is 15.0. The van der Waals surface area contributed by atoms with Crippen LogP contribution in [0.1, 0.15) is 32.3 Å². The summed E-state index contributed by atoms with van der Waals surface area (Å²) < 4.78 is 0. The molecule has 1 N–H and O–H groups in total. The molecule has 1 aliphatic carbocycles. The Bertz CT molecular complexity index is 445. The van der Waals surface area contributed by atoms with E-state index in [2.05, 4.69) is 68.5 Å². The monoisotopic (exact) mass is 272 g/mol. The molecule has 110 valence electrons. The molecule has 0 saturated heterocycles. The van der Waals surface area contributed by atoms with Gasteiger partial charge in [-0.3, -0.25) is 0 Å². The largest absolute Gasteiger partial charge is 0.385 e. The van der Waals surface area contributed by atoms with Gasteiger partial charge in [0.1, 0.15) is 0 Å². The first kappa shape index (κ1) is 15.1. The molecule has 0 heterocycles. The maximum absolute atomic E-state index is 3.60. The van der Waals surface area contributed by atoms with Gasteiger partial charge in [-0.25, -0.2) is 0 Å². The summed E-state index contributed by atoms with van der Waals surface area (Å²) in [5.41, 5.74) is 4.16. The predicted octanol–water partition coefficient (Wildman–Crippen LogP) is 4.15. The van der Waals surface area contributed by atoms with Gasteiger partial charge in [-0.05, 0) is 63.4 Å². The number of nitrogens with zero attached hydrogens (tertiary/aromatic N) is 1. The molecular weight excluding hydrogens is 244 g/mol. The molecule has 0 aliphatic heterocycles. The van der Waals surface area contributed by atoms with Gasteiger partial charge < -0.3 is 10.2 Å². The van der Waals surface area contributed by atoms with Crippen LogP contribution in [0, 0.1) is 11.8 Å². The van der Waals surface area contributed by atoms with E-state index >= 15 is 0 Å². The molecule has 2 unspecified atom stereocenters. The topological polar surface area (TPSA) is 15.3 Å². The standard InChI is InChI=1S/C18H28N2/c1-14-9-15(2)11-17(10-14)12-19-18-7-5-16(6-8-18)13-20(3)4/h5-9,14,17,19H,10-13H2,1-4H3. The normalized spacial score (nSPS) is 22.8. The van der Waals surface area contributed by atoms with Crippen LogP contribution >= 0.6 is 0 Å². The lowest BCUT2D eigenvalue weighted by Gasteiger charge is -2.26. The summed E-state index contributed by atoms with van der Waals surface area (Å²) in [4.78, 5) is 2.20. The summed E-state index contributed by atoms with van der Waals surface area (Å²) in [6.07, 6.45) is 4.98. The molecule has 2 heteroatoms. The fourth-order valence-electron chi connectivity index (χ4n) is 3.20. The second kappa shape index (κ2) is 6.94. The molecule has 1 aliphatic rings. The summed E-state index contributed by atoms with van der Waals surface area (Å²) in [6, 6.07) is 8.84. The smallest absolute Gasteiger partial charge is 0.0340 e. The molecular formula is C18H28N2. The first-order chi connectivity index (χ1) is 9.52. The van der Waals surface area contributed by atoms with Crippen LogP contribution in [0.2, 0.25) is 0 Å². The van der Waals surface area contributed by atoms with Gasteiger partial charge in [0, 0.05) is 18.8 Å². The van der Waals surface area contributed by atoms with Crippen LogP contribution in [0.25, 0.3) is 0 Å². The van der Waals surface area contributed by atoms with Crippen LogP contribution in [0.5, 0.6) is 0 Å². The van der Waals surface area contributed by atoms with Crippen LogP contribution in [-0.4, -0.2) is 25.5 Å². The third kappa shape index (κ3) is 4.68. The average Bonchev–Trinajstić information content (AvgIpc) is 2.36. The van der Waals surface area contributed by atoms with E-state index in [4.69, 9.17) is 0 Å². The molecule has 0 spiro atoms. The molecule has 0 fully saturated rings. The number of hydrogen-bond acceptors (Lipinski definition) is 2. The Labute approximate surface area is 123 Å². The summed E-state index contributed by atoms with van der Waals surface area (Å²) in [7, 11) is 4.21. The lowest BCUT2D eigenvalue weighted by molar-refractivity contribution is 0.402. The van der Waals surface area contributed by atoms with Gasteiger partial charge in [-0.15, -0.1) is 0 Å². The van der Waals surface area contributed by atoms with Gasteiger partial charge >= 0.3 is 0 Å². The number of hydrogen-bond donors (Lipinski definition) is 1. The van der Waals surface area contributed by atoms with Crippen molar-refractivity contribution >= 4 is 5.69 Å². The van der Waals surface area contributed by atoms with Gasteiger partial charge in [-0.2, -0.15) is 0 Å². The van der Waals surface area contributed by atoms with Crippen molar-refractivity contribution in [2.75, 3.05) is 26.0 Å². The number of allylic oxidation sites excluding steroid dienone is 2. The molecule has 1 aromatic rings. The Morgan fingerprint density at radius 2 is 1.90 bits per heavy atom. The number of benzene rings is 1. The first-order valence-electron chi connectivity index (χ1n) is 7.68. The number of anilines is 1. The van der Waals surface area contributed by atoms with E-state index in [9.17, 15) is 0 Å². The van der Waals surface area contributed by atoms with Crippen LogP contribution in [-0.2, 0) is 6.54 Å². The molecule has 2 rings (SSSR count). The van der Waals surface area contributed by atoms with Crippen LogP contribution < -0.4 is 5.32 Å². The van der Waals surface area contributed by atoms with Gasteiger partial charge in [0.05, 0.1) is 0 Å². The fourth-order valence-corrected chi connectivity index (χ4v) is 3.20. The third-order valence-corrected chi connectivity index (χ3v) is 3.93. The molecule has 0 radical (unpaired) electrons. The van der Waals surface area contributed by atoms with Crippen LogP contribution in [0.4, 0.5) is 5.69 Å². The second-order valence-corrected chi connectivity index (χ2v) is 6.61. The van der Waals surface area contributed by atoms with Crippen LogP contribution in [0.3, 0.4) is 0 Å². The highest BCUT2D eigenvalue weighted by Gasteiger charge is 2.17. The molecule has 2 atom stereocenters. The average molecular weight is 272 g/mol. The number of nitrogens with one attached hydrogen (secondary N) is 1. The van der Waals surface area contributed by atoms with Crippen molar-refractivity contribution in [3.63, 3.8) is 0 Å². The van der Waals surface area contributed by atoms with Gasteiger partial charge in [0.25, 0.3) is 0 Å². The quantitative estimate of drug-likeness (QED) is 0.810. The minimum Gasteiger partial charge on any atom is -0.385 e. The molecule has 0 aromatic heterocycles. The third-order valence-electron chi connectivity index (χ3n) is 3.93. The highest BCUT2D eigenvalue weighted by molar-refractivity contribution is 5.44. The first-order valence-corrected chi connectivity index (χ1v) is 7.68. The Hall–Kier alpha value is -1.28. The molecule has 20 heavy (non-hydrogen) atoms. The van der Waals surface area contributed by atoms with Gasteiger partial charge in [0.15, 0.2) is 0 Å². The minimum absolute atomic E-state index is 0.734. The van der Waals surface area contributed by atoms with E-state index in [0.717, 1.165) is 24.9 Å². The van der Waals surface area contributed by atoms with Crippen molar-refractivity contribution in [2.24, 2.45) is 11.8 Å². The lowest BCUT2D eigenvalue weighted by Crippen LogP contribution is -2.20. The Morgan fingerprint density at radius 3 is 2.50 bits per heavy atom. The van der Waals surface area contributed by atoms with Crippen LogP contribution in [0.15, 0.2) is 35.9 Å².